The topological polar surface area (TPSA) is 119 Å². The number of carbonyl (C=O) groups excluding carboxylic acids is 1. The summed E-state index contributed by atoms with van der Waals surface area (Å²) in [7, 11) is -2.34. The van der Waals surface area contributed by atoms with Crippen LogP contribution in [0.4, 0.5) is 0 Å². The van der Waals surface area contributed by atoms with E-state index in [0.717, 1.165) is 0 Å². The van der Waals surface area contributed by atoms with Crippen LogP contribution in [-0.4, -0.2) is 44.7 Å². The van der Waals surface area contributed by atoms with E-state index < -0.39 is 33.9 Å². The molecule has 2 rings (SSSR count). The van der Waals surface area contributed by atoms with Crippen molar-refractivity contribution < 1.29 is 32.6 Å². The Morgan fingerprint density at radius 3 is 2.12 bits per heavy atom. The van der Waals surface area contributed by atoms with Crippen LogP contribution in [0.15, 0.2) is 52.9 Å². The van der Waals surface area contributed by atoms with E-state index in [9.17, 15) is 23.1 Å². The van der Waals surface area contributed by atoms with Crippen molar-refractivity contribution in [1.29, 1.82) is 0 Å². The van der Waals surface area contributed by atoms with Gasteiger partial charge in [-0.15, -0.1) is 0 Å². The van der Waals surface area contributed by atoms with Gasteiger partial charge in [0, 0.05) is 5.54 Å². The molecule has 8 nitrogen and oxygen atoms in total. The average Bonchev–Trinajstić information content (AvgIpc) is 2.72. The van der Waals surface area contributed by atoms with Gasteiger partial charge >= 0.3 is 11.9 Å². The molecule has 2 aromatic rings. The second-order valence-electron chi connectivity index (χ2n) is 8.37. The molecule has 34 heavy (non-hydrogen) atoms. The van der Waals surface area contributed by atoms with Crippen LogP contribution < -0.4 is 9.46 Å². The molecule has 0 saturated carbocycles. The number of methoxy groups -OCH3 is 1. The maximum atomic E-state index is 12.8. The molecular weight excluding hydrogens is 482 g/mol. The summed E-state index contributed by atoms with van der Waals surface area (Å²) in [6.07, 6.45) is -0.608. The summed E-state index contributed by atoms with van der Waals surface area (Å²) >= 11 is 6.29. The third-order valence-corrected chi connectivity index (χ3v) is 6.56. The smallest absolute Gasteiger partial charge is 0.335 e. The van der Waals surface area contributed by atoms with Gasteiger partial charge < -0.3 is 14.6 Å². The highest BCUT2D eigenvalue weighted by atomic mass is 35.5. The quantitative estimate of drug-likeness (QED) is 0.382. The summed E-state index contributed by atoms with van der Waals surface area (Å²) < 4.78 is 38.2. The summed E-state index contributed by atoms with van der Waals surface area (Å²) in [6, 6.07) is 10.6. The first-order valence-electron chi connectivity index (χ1n) is 10.4. The molecule has 0 fully saturated rings. The van der Waals surface area contributed by atoms with Gasteiger partial charge in [0.05, 0.1) is 35.6 Å². The zero-order valence-electron chi connectivity index (χ0n) is 19.6. The molecule has 2 aromatic carbocycles. The summed E-state index contributed by atoms with van der Waals surface area (Å²) in [6.45, 7) is 6.84. The summed E-state index contributed by atoms with van der Waals surface area (Å²) in [5.74, 6) is -1.62. The van der Waals surface area contributed by atoms with E-state index in [0.29, 0.717) is 16.9 Å². The van der Waals surface area contributed by atoms with Crippen LogP contribution in [-0.2, 0) is 24.3 Å². The van der Waals surface area contributed by atoms with Crippen LogP contribution in [0.1, 0.15) is 45.2 Å². The fourth-order valence-corrected chi connectivity index (χ4v) is 4.91. The molecule has 0 unspecified atom stereocenters. The van der Waals surface area contributed by atoms with Gasteiger partial charge in [0.25, 0.3) is 0 Å². The lowest BCUT2D eigenvalue weighted by Crippen LogP contribution is -2.40. The standard InChI is InChI=1S/C24H28ClNO7S/c1-6-33-23(29)18(14-21(27)28)22(16-9-12-20(32-5)19(25)13-16)15-7-10-17(11-8-15)34(30,31)26-24(2,3)4/h7-13,26H,6,14H2,1-5H3,(H,27,28). The Bertz CT molecular complexity index is 1200. The van der Waals surface area contributed by atoms with Crippen LogP contribution in [0.2, 0.25) is 5.02 Å². The number of rotatable bonds is 9. The van der Waals surface area contributed by atoms with Crippen molar-refractivity contribution >= 4 is 39.1 Å². The van der Waals surface area contributed by atoms with E-state index in [2.05, 4.69) is 4.72 Å². The fourth-order valence-electron chi connectivity index (χ4n) is 3.23. The van der Waals surface area contributed by atoms with E-state index in [1.165, 1.54) is 31.4 Å². The van der Waals surface area contributed by atoms with Gasteiger partial charge in [-0.05, 0) is 68.7 Å². The number of aliphatic carboxylic acids is 1. The number of carbonyl (C=O) groups is 2. The van der Waals surface area contributed by atoms with Crippen molar-refractivity contribution in [2.24, 2.45) is 0 Å². The first kappa shape index (κ1) is 27.4. The minimum Gasteiger partial charge on any atom is -0.495 e. The van der Waals surface area contributed by atoms with Crippen molar-refractivity contribution in [1.82, 2.24) is 4.72 Å². The molecule has 0 heterocycles. The third kappa shape index (κ3) is 7.06. The second kappa shape index (κ2) is 11.0. The Hall–Kier alpha value is -2.88. The number of hydrogen-bond donors (Lipinski definition) is 2. The van der Waals surface area contributed by atoms with Crippen LogP contribution in [0.5, 0.6) is 5.75 Å². The molecule has 0 aromatic heterocycles. The van der Waals surface area contributed by atoms with Crippen LogP contribution in [0.25, 0.3) is 5.57 Å². The number of sulfonamides is 1. The third-order valence-electron chi connectivity index (χ3n) is 4.49. The van der Waals surface area contributed by atoms with Crippen LogP contribution in [0, 0.1) is 0 Å². The number of nitrogens with one attached hydrogen (secondary N) is 1. The minimum absolute atomic E-state index is 0.0224. The van der Waals surface area contributed by atoms with Gasteiger partial charge in [-0.25, -0.2) is 17.9 Å². The molecule has 0 radical (unpaired) electrons. The first-order chi connectivity index (χ1) is 15.8. The molecule has 0 amide bonds. The molecule has 0 saturated heterocycles. The van der Waals surface area contributed by atoms with E-state index in [4.69, 9.17) is 21.1 Å². The molecule has 0 spiro atoms. The Morgan fingerprint density at radius 1 is 1.06 bits per heavy atom. The molecule has 10 heteroatoms. The Kier molecular flexibility index (Phi) is 8.88. The van der Waals surface area contributed by atoms with Crippen molar-refractivity contribution in [3.8, 4) is 5.75 Å². The van der Waals surface area contributed by atoms with Crippen molar-refractivity contribution in [2.75, 3.05) is 13.7 Å². The largest absolute Gasteiger partial charge is 0.495 e. The number of benzene rings is 2. The summed E-state index contributed by atoms with van der Waals surface area (Å²) in [4.78, 5) is 24.4. The molecule has 0 aliphatic carbocycles. The van der Waals surface area contributed by atoms with E-state index in [-0.39, 0.29) is 27.7 Å². The van der Waals surface area contributed by atoms with Gasteiger partial charge in [-0.1, -0.05) is 29.8 Å². The Morgan fingerprint density at radius 2 is 1.65 bits per heavy atom. The van der Waals surface area contributed by atoms with E-state index >= 15 is 0 Å². The number of carboxylic acids is 1. The molecular formula is C24H28ClNO7S. The van der Waals surface area contributed by atoms with Gasteiger partial charge in [-0.3, -0.25) is 4.79 Å². The Balaban J connectivity index is 2.74. The van der Waals surface area contributed by atoms with Gasteiger partial charge in [0.15, 0.2) is 0 Å². The van der Waals surface area contributed by atoms with Gasteiger partial charge in [0.2, 0.25) is 10.0 Å². The normalized spacial score (nSPS) is 12.6. The van der Waals surface area contributed by atoms with Crippen molar-refractivity contribution in [2.45, 2.75) is 44.6 Å². The highest BCUT2D eigenvalue weighted by molar-refractivity contribution is 7.89. The number of esters is 1. The zero-order chi connectivity index (χ0) is 25.7. The predicted molar refractivity (Wildman–Crippen MR) is 129 cm³/mol. The molecule has 184 valence electrons. The number of hydrogen-bond acceptors (Lipinski definition) is 6. The van der Waals surface area contributed by atoms with Crippen molar-refractivity contribution in [3.05, 3.63) is 64.2 Å². The maximum Gasteiger partial charge on any atom is 0.335 e. The molecule has 0 aliphatic rings. The molecule has 2 N–H and O–H groups in total. The predicted octanol–water partition coefficient (Wildman–Crippen LogP) is 4.27. The van der Waals surface area contributed by atoms with Crippen LogP contribution in [0.3, 0.4) is 0 Å². The van der Waals surface area contributed by atoms with Crippen LogP contribution >= 0.6 is 11.6 Å². The number of carboxylic acid groups (broad SMARTS) is 1. The lowest BCUT2D eigenvalue weighted by Gasteiger charge is -2.20. The molecule has 0 atom stereocenters. The first-order valence-corrected chi connectivity index (χ1v) is 12.3. The van der Waals surface area contributed by atoms with Gasteiger partial charge in [0.1, 0.15) is 5.75 Å². The lowest BCUT2D eigenvalue weighted by atomic mass is 9.91. The SMILES string of the molecule is CCOC(=O)C(CC(=O)O)=C(c1ccc(S(=O)(=O)NC(C)(C)C)cc1)c1ccc(OC)c(Cl)c1. The average molecular weight is 510 g/mol. The summed E-state index contributed by atoms with van der Waals surface area (Å²) in [5, 5.41) is 9.72. The maximum absolute atomic E-state index is 12.8. The Labute approximate surface area is 204 Å². The highest BCUT2D eigenvalue weighted by Gasteiger charge is 2.25. The second-order valence-corrected chi connectivity index (χ2v) is 10.5. The molecule has 0 bridgehead atoms. The number of halogens is 1. The zero-order valence-corrected chi connectivity index (χ0v) is 21.2. The van der Waals surface area contributed by atoms with E-state index in [1.54, 1.807) is 45.9 Å². The van der Waals surface area contributed by atoms with E-state index in [1.807, 2.05) is 0 Å². The summed E-state index contributed by atoms with van der Waals surface area (Å²) in [5.41, 5.74) is 0.344. The van der Waals surface area contributed by atoms with Gasteiger partial charge in [-0.2, -0.15) is 0 Å². The minimum atomic E-state index is -3.79. The molecule has 0 aliphatic heterocycles. The monoisotopic (exact) mass is 509 g/mol. The highest BCUT2D eigenvalue weighted by Crippen LogP contribution is 2.34. The lowest BCUT2D eigenvalue weighted by molar-refractivity contribution is -0.142. The van der Waals surface area contributed by atoms with Crippen molar-refractivity contribution in [3.63, 3.8) is 0 Å². The fraction of sp³-hybridized carbons (Fsp3) is 0.333. The number of ether oxygens (including phenoxy) is 2.